The van der Waals surface area contributed by atoms with E-state index in [2.05, 4.69) is 56.2 Å². The van der Waals surface area contributed by atoms with Gasteiger partial charge in [-0.3, -0.25) is 0 Å². The van der Waals surface area contributed by atoms with Crippen molar-refractivity contribution in [3.8, 4) is 5.69 Å². The summed E-state index contributed by atoms with van der Waals surface area (Å²) in [6.07, 6.45) is 5.56. The Morgan fingerprint density at radius 3 is 3.00 bits per heavy atom. The van der Waals surface area contributed by atoms with E-state index in [1.165, 1.54) is 35.3 Å². The second-order valence-electron chi connectivity index (χ2n) is 5.12. The Labute approximate surface area is 122 Å². The van der Waals surface area contributed by atoms with Gasteiger partial charge in [0.25, 0.3) is 0 Å². The number of nitrogens with one attached hydrogen (secondary N) is 1. The SMILES string of the molecule is CNC1CCCc2c1cnn2-c1ccc(Br)cc1C. The van der Waals surface area contributed by atoms with E-state index >= 15 is 0 Å². The van der Waals surface area contributed by atoms with Crippen molar-refractivity contribution >= 4 is 15.9 Å². The molecule has 2 aromatic rings. The van der Waals surface area contributed by atoms with Crippen LogP contribution in [0.3, 0.4) is 0 Å². The van der Waals surface area contributed by atoms with Gasteiger partial charge in [-0.1, -0.05) is 15.9 Å². The Morgan fingerprint density at radius 2 is 2.26 bits per heavy atom. The van der Waals surface area contributed by atoms with E-state index in [1.54, 1.807) is 0 Å². The second-order valence-corrected chi connectivity index (χ2v) is 6.04. The minimum atomic E-state index is 0.452. The van der Waals surface area contributed by atoms with Gasteiger partial charge in [0.2, 0.25) is 0 Å². The Hall–Kier alpha value is -1.13. The fraction of sp³-hybridized carbons (Fsp3) is 0.400. The number of halogens is 1. The van der Waals surface area contributed by atoms with Crippen molar-refractivity contribution in [3.63, 3.8) is 0 Å². The molecular weight excluding hydrogens is 302 g/mol. The summed E-state index contributed by atoms with van der Waals surface area (Å²) in [4.78, 5) is 0. The smallest absolute Gasteiger partial charge is 0.0678 e. The van der Waals surface area contributed by atoms with Crippen molar-refractivity contribution in [3.05, 3.63) is 45.7 Å². The number of aryl methyl sites for hydroxylation is 1. The second kappa shape index (κ2) is 5.10. The Bertz CT molecular complexity index is 603. The van der Waals surface area contributed by atoms with Gasteiger partial charge in [-0.2, -0.15) is 5.10 Å². The lowest BCUT2D eigenvalue weighted by Crippen LogP contribution is -2.21. The zero-order valence-corrected chi connectivity index (χ0v) is 12.9. The Morgan fingerprint density at radius 1 is 1.42 bits per heavy atom. The molecule has 0 fully saturated rings. The molecule has 3 rings (SSSR count). The number of rotatable bonds is 2. The molecule has 1 heterocycles. The summed E-state index contributed by atoms with van der Waals surface area (Å²) in [7, 11) is 2.03. The minimum Gasteiger partial charge on any atom is -0.313 e. The first-order valence-corrected chi connectivity index (χ1v) is 7.50. The van der Waals surface area contributed by atoms with Gasteiger partial charge in [0, 0.05) is 21.8 Å². The minimum absolute atomic E-state index is 0.452. The van der Waals surface area contributed by atoms with E-state index in [4.69, 9.17) is 0 Å². The van der Waals surface area contributed by atoms with E-state index in [0.29, 0.717) is 6.04 Å². The monoisotopic (exact) mass is 319 g/mol. The van der Waals surface area contributed by atoms with E-state index in [-0.39, 0.29) is 0 Å². The van der Waals surface area contributed by atoms with Crippen LogP contribution in [0.2, 0.25) is 0 Å². The van der Waals surface area contributed by atoms with Gasteiger partial charge in [-0.15, -0.1) is 0 Å². The topological polar surface area (TPSA) is 29.9 Å². The van der Waals surface area contributed by atoms with Crippen LogP contribution in [0.15, 0.2) is 28.9 Å². The van der Waals surface area contributed by atoms with Crippen LogP contribution in [-0.2, 0) is 6.42 Å². The molecule has 0 bridgehead atoms. The number of hydrogen-bond donors (Lipinski definition) is 1. The predicted octanol–water partition coefficient (Wildman–Crippen LogP) is 3.54. The highest BCUT2D eigenvalue weighted by Gasteiger charge is 2.23. The number of benzene rings is 1. The highest BCUT2D eigenvalue weighted by atomic mass is 79.9. The van der Waals surface area contributed by atoms with Gasteiger partial charge >= 0.3 is 0 Å². The van der Waals surface area contributed by atoms with Crippen LogP contribution in [0.5, 0.6) is 0 Å². The van der Waals surface area contributed by atoms with E-state index < -0.39 is 0 Å². The molecule has 1 aliphatic rings. The van der Waals surface area contributed by atoms with Crippen LogP contribution in [0, 0.1) is 6.92 Å². The zero-order valence-electron chi connectivity index (χ0n) is 11.3. The summed E-state index contributed by atoms with van der Waals surface area (Å²) in [6, 6.07) is 6.81. The van der Waals surface area contributed by atoms with Crippen LogP contribution in [0.1, 0.15) is 35.7 Å². The normalized spacial score (nSPS) is 18.4. The van der Waals surface area contributed by atoms with Crippen LogP contribution >= 0.6 is 15.9 Å². The Kier molecular flexibility index (Phi) is 3.46. The summed E-state index contributed by atoms with van der Waals surface area (Å²) in [6.45, 7) is 2.13. The molecule has 1 unspecified atom stereocenters. The molecule has 0 saturated carbocycles. The zero-order chi connectivity index (χ0) is 13.4. The maximum atomic E-state index is 4.62. The van der Waals surface area contributed by atoms with Gasteiger partial charge < -0.3 is 5.32 Å². The number of nitrogens with zero attached hydrogens (tertiary/aromatic N) is 2. The van der Waals surface area contributed by atoms with Crippen molar-refractivity contribution in [2.75, 3.05) is 7.05 Å². The first-order valence-electron chi connectivity index (χ1n) is 6.71. The maximum Gasteiger partial charge on any atom is 0.0678 e. The Balaban J connectivity index is 2.09. The van der Waals surface area contributed by atoms with Gasteiger partial charge in [0.1, 0.15) is 0 Å². The van der Waals surface area contributed by atoms with Gasteiger partial charge in [0.15, 0.2) is 0 Å². The van der Waals surface area contributed by atoms with E-state index in [0.717, 1.165) is 10.9 Å². The molecule has 0 saturated heterocycles. The molecule has 3 nitrogen and oxygen atoms in total. The molecule has 0 radical (unpaired) electrons. The molecule has 1 aliphatic carbocycles. The van der Waals surface area contributed by atoms with Gasteiger partial charge in [0.05, 0.1) is 11.9 Å². The molecule has 19 heavy (non-hydrogen) atoms. The van der Waals surface area contributed by atoms with Crippen LogP contribution in [-0.4, -0.2) is 16.8 Å². The first-order chi connectivity index (χ1) is 9.20. The molecule has 1 aromatic heterocycles. The summed E-state index contributed by atoms with van der Waals surface area (Å²) in [5, 5.41) is 8.01. The number of hydrogen-bond acceptors (Lipinski definition) is 2. The van der Waals surface area contributed by atoms with Crippen LogP contribution in [0.4, 0.5) is 0 Å². The predicted molar refractivity (Wildman–Crippen MR) is 80.7 cm³/mol. The molecule has 0 spiro atoms. The highest BCUT2D eigenvalue weighted by Crippen LogP contribution is 2.31. The lowest BCUT2D eigenvalue weighted by atomic mass is 9.93. The third-order valence-corrected chi connectivity index (χ3v) is 4.41. The van der Waals surface area contributed by atoms with E-state index in [1.807, 2.05) is 13.2 Å². The summed E-state index contributed by atoms with van der Waals surface area (Å²) in [5.74, 6) is 0. The van der Waals surface area contributed by atoms with Crippen molar-refractivity contribution in [1.29, 1.82) is 0 Å². The highest BCUT2D eigenvalue weighted by molar-refractivity contribution is 9.10. The van der Waals surface area contributed by atoms with Crippen molar-refractivity contribution in [2.45, 2.75) is 32.2 Å². The molecule has 0 aliphatic heterocycles. The molecule has 1 atom stereocenters. The lowest BCUT2D eigenvalue weighted by molar-refractivity contribution is 0.490. The summed E-state index contributed by atoms with van der Waals surface area (Å²) < 4.78 is 3.23. The molecule has 100 valence electrons. The van der Waals surface area contributed by atoms with E-state index in [9.17, 15) is 0 Å². The quantitative estimate of drug-likeness (QED) is 0.917. The molecule has 4 heteroatoms. The summed E-state index contributed by atoms with van der Waals surface area (Å²) in [5.41, 5.74) is 5.14. The van der Waals surface area contributed by atoms with Crippen LogP contribution in [0.25, 0.3) is 5.69 Å². The molecular formula is C15H18BrN3. The maximum absolute atomic E-state index is 4.62. The largest absolute Gasteiger partial charge is 0.313 e. The first kappa shape index (κ1) is 12.9. The third kappa shape index (κ3) is 2.23. The standard InChI is InChI=1S/C15H18BrN3/c1-10-8-11(16)6-7-14(10)19-15-5-3-4-13(17-2)12(15)9-18-19/h6-9,13,17H,3-5H2,1-2H3. The third-order valence-electron chi connectivity index (χ3n) is 3.92. The molecule has 1 N–H and O–H groups in total. The summed E-state index contributed by atoms with van der Waals surface area (Å²) >= 11 is 3.52. The average Bonchev–Trinajstić information content (AvgIpc) is 2.82. The van der Waals surface area contributed by atoms with Crippen molar-refractivity contribution in [2.24, 2.45) is 0 Å². The molecule has 1 aromatic carbocycles. The fourth-order valence-corrected chi connectivity index (χ4v) is 3.40. The number of fused-ring (bicyclic) bond motifs is 1. The fourth-order valence-electron chi connectivity index (χ4n) is 2.92. The molecule has 0 amide bonds. The average molecular weight is 320 g/mol. The van der Waals surface area contributed by atoms with Crippen molar-refractivity contribution < 1.29 is 0 Å². The van der Waals surface area contributed by atoms with Gasteiger partial charge in [-0.25, -0.2) is 4.68 Å². The van der Waals surface area contributed by atoms with Crippen molar-refractivity contribution in [1.82, 2.24) is 15.1 Å². The van der Waals surface area contributed by atoms with Crippen LogP contribution < -0.4 is 5.32 Å². The lowest BCUT2D eigenvalue weighted by Gasteiger charge is -2.23. The van der Waals surface area contributed by atoms with Gasteiger partial charge in [-0.05, 0) is 57.0 Å². The number of aromatic nitrogens is 2.